The zero-order valence-corrected chi connectivity index (χ0v) is 9.44. The summed E-state index contributed by atoms with van der Waals surface area (Å²) in [6, 6.07) is 5.35. The topological polar surface area (TPSA) is 20.2 Å². The Bertz CT molecular complexity index is 345. The van der Waals surface area contributed by atoms with Crippen molar-refractivity contribution >= 4 is 28.8 Å². The molecule has 0 bridgehead atoms. The third kappa shape index (κ3) is 2.66. The summed E-state index contributed by atoms with van der Waals surface area (Å²) in [6.07, 6.45) is 2.93. The van der Waals surface area contributed by atoms with Gasteiger partial charge in [-0.2, -0.15) is 0 Å². The van der Waals surface area contributed by atoms with Crippen LogP contribution in [0.15, 0.2) is 24.5 Å². The van der Waals surface area contributed by atoms with E-state index in [4.69, 9.17) is 28.3 Å². The molecule has 0 heterocycles. The van der Waals surface area contributed by atoms with Crippen LogP contribution in [0.4, 0.5) is 0 Å². The first-order chi connectivity index (χ1) is 6.69. The molecule has 0 aromatic heterocycles. The first kappa shape index (κ1) is 11.4. The Morgan fingerprint density at radius 3 is 2.57 bits per heavy atom. The summed E-state index contributed by atoms with van der Waals surface area (Å²) < 4.78 is 0. The molecule has 1 N–H and O–H groups in total. The fourth-order valence-electron chi connectivity index (χ4n) is 1.25. The number of rotatable bonds is 3. The molecule has 0 unspecified atom stereocenters. The molecular formula is C11H12Cl2O. The van der Waals surface area contributed by atoms with Gasteiger partial charge in [-0.05, 0) is 29.7 Å². The van der Waals surface area contributed by atoms with Gasteiger partial charge in [-0.15, -0.1) is 0 Å². The molecule has 0 aliphatic rings. The third-order valence-corrected chi connectivity index (χ3v) is 2.70. The van der Waals surface area contributed by atoms with Gasteiger partial charge < -0.3 is 5.11 Å². The van der Waals surface area contributed by atoms with Gasteiger partial charge in [0.1, 0.15) is 0 Å². The molecule has 1 nitrogen and oxygen atoms in total. The average Bonchev–Trinajstić information content (AvgIpc) is 2.19. The number of allylic oxidation sites excluding steroid dienone is 1. The molecule has 0 aliphatic carbocycles. The summed E-state index contributed by atoms with van der Waals surface area (Å²) in [7, 11) is 0. The summed E-state index contributed by atoms with van der Waals surface area (Å²) >= 11 is 11.7. The molecule has 3 heteroatoms. The summed E-state index contributed by atoms with van der Waals surface area (Å²) in [5.74, 6) is 0. The monoisotopic (exact) mass is 230 g/mol. The lowest BCUT2D eigenvalue weighted by Gasteiger charge is -2.05. The van der Waals surface area contributed by atoms with E-state index in [0.717, 1.165) is 30.2 Å². The van der Waals surface area contributed by atoms with Crippen molar-refractivity contribution in [3.05, 3.63) is 40.1 Å². The lowest BCUT2D eigenvalue weighted by Crippen LogP contribution is -1.85. The molecule has 76 valence electrons. The van der Waals surface area contributed by atoms with Crippen LogP contribution in [-0.2, 0) is 0 Å². The Labute approximate surface area is 94.0 Å². The van der Waals surface area contributed by atoms with E-state index < -0.39 is 0 Å². The maximum absolute atomic E-state index is 9.03. The number of aliphatic hydroxyl groups excluding tert-OH is 1. The lowest BCUT2D eigenvalue weighted by molar-refractivity contribution is 0.474. The highest BCUT2D eigenvalue weighted by molar-refractivity contribution is 6.42. The number of hydrogen-bond acceptors (Lipinski definition) is 1. The van der Waals surface area contributed by atoms with E-state index in [0.29, 0.717) is 10.0 Å². The maximum atomic E-state index is 9.03. The van der Waals surface area contributed by atoms with Crippen molar-refractivity contribution in [2.75, 3.05) is 0 Å². The molecular weight excluding hydrogens is 219 g/mol. The smallest absolute Gasteiger partial charge is 0.0829 e. The van der Waals surface area contributed by atoms with Crippen LogP contribution in [0.25, 0.3) is 5.57 Å². The minimum atomic E-state index is 0.514. The van der Waals surface area contributed by atoms with Crippen LogP contribution >= 0.6 is 23.2 Å². The van der Waals surface area contributed by atoms with Gasteiger partial charge in [0.25, 0.3) is 0 Å². The van der Waals surface area contributed by atoms with Crippen molar-refractivity contribution in [1.29, 1.82) is 0 Å². The molecule has 1 rings (SSSR count). The van der Waals surface area contributed by atoms with Crippen LogP contribution in [0.1, 0.15) is 25.3 Å². The van der Waals surface area contributed by atoms with Crippen molar-refractivity contribution < 1.29 is 5.11 Å². The quantitative estimate of drug-likeness (QED) is 0.748. The standard InChI is InChI=1S/C11H12Cl2O/c1-2-3-9(7-14)8-4-5-10(12)11(13)6-8/h4-7,14H,2-3H2,1H3. The molecule has 0 aliphatic heterocycles. The Morgan fingerprint density at radius 2 is 2.07 bits per heavy atom. The Morgan fingerprint density at radius 1 is 1.36 bits per heavy atom. The van der Waals surface area contributed by atoms with E-state index in [-0.39, 0.29) is 0 Å². The van der Waals surface area contributed by atoms with E-state index in [9.17, 15) is 0 Å². The Kier molecular flexibility index (Phi) is 4.30. The van der Waals surface area contributed by atoms with Crippen LogP contribution in [0.5, 0.6) is 0 Å². The highest BCUT2D eigenvalue weighted by Crippen LogP contribution is 2.27. The van der Waals surface area contributed by atoms with E-state index in [1.807, 2.05) is 6.07 Å². The first-order valence-electron chi connectivity index (χ1n) is 4.47. The molecule has 0 fully saturated rings. The van der Waals surface area contributed by atoms with Crippen LogP contribution in [0.3, 0.4) is 0 Å². The largest absolute Gasteiger partial charge is 0.515 e. The Balaban J connectivity index is 3.00. The van der Waals surface area contributed by atoms with E-state index in [1.165, 1.54) is 0 Å². The molecule has 0 saturated carbocycles. The highest BCUT2D eigenvalue weighted by Gasteiger charge is 2.03. The Hall–Kier alpha value is -0.660. The van der Waals surface area contributed by atoms with Crippen LogP contribution < -0.4 is 0 Å². The molecule has 0 spiro atoms. The predicted molar refractivity (Wildman–Crippen MR) is 62.0 cm³/mol. The third-order valence-electron chi connectivity index (χ3n) is 1.97. The highest BCUT2D eigenvalue weighted by atomic mass is 35.5. The van der Waals surface area contributed by atoms with Crippen molar-refractivity contribution in [2.45, 2.75) is 19.8 Å². The summed E-state index contributed by atoms with van der Waals surface area (Å²) in [6.45, 7) is 2.06. The number of halogens is 2. The van der Waals surface area contributed by atoms with Crippen molar-refractivity contribution in [1.82, 2.24) is 0 Å². The average molecular weight is 231 g/mol. The molecule has 1 aromatic rings. The lowest BCUT2D eigenvalue weighted by atomic mass is 10.0. The minimum Gasteiger partial charge on any atom is -0.515 e. The number of aliphatic hydroxyl groups is 1. The van der Waals surface area contributed by atoms with E-state index >= 15 is 0 Å². The zero-order chi connectivity index (χ0) is 10.6. The second kappa shape index (κ2) is 5.28. The minimum absolute atomic E-state index is 0.514. The molecule has 0 saturated heterocycles. The van der Waals surface area contributed by atoms with E-state index in [2.05, 4.69) is 6.92 Å². The van der Waals surface area contributed by atoms with Gasteiger partial charge in [0.15, 0.2) is 0 Å². The van der Waals surface area contributed by atoms with Crippen LogP contribution in [0, 0.1) is 0 Å². The second-order valence-corrected chi connectivity index (χ2v) is 3.85. The molecule has 0 atom stereocenters. The number of hydrogen-bond donors (Lipinski definition) is 1. The normalized spacial score (nSPS) is 11.8. The summed E-state index contributed by atoms with van der Waals surface area (Å²) in [5, 5.41) is 10.1. The van der Waals surface area contributed by atoms with Gasteiger partial charge >= 0.3 is 0 Å². The summed E-state index contributed by atoms with van der Waals surface area (Å²) in [4.78, 5) is 0. The second-order valence-electron chi connectivity index (χ2n) is 3.03. The maximum Gasteiger partial charge on any atom is 0.0829 e. The zero-order valence-electron chi connectivity index (χ0n) is 7.93. The van der Waals surface area contributed by atoms with Crippen molar-refractivity contribution in [3.8, 4) is 0 Å². The molecule has 0 radical (unpaired) electrons. The van der Waals surface area contributed by atoms with Gasteiger partial charge in [-0.1, -0.05) is 42.6 Å². The predicted octanol–water partition coefficient (Wildman–Crippen LogP) is 4.69. The number of benzene rings is 1. The van der Waals surface area contributed by atoms with Crippen LogP contribution in [-0.4, -0.2) is 5.11 Å². The van der Waals surface area contributed by atoms with E-state index in [1.54, 1.807) is 12.1 Å². The first-order valence-corrected chi connectivity index (χ1v) is 5.23. The fourth-order valence-corrected chi connectivity index (χ4v) is 1.55. The van der Waals surface area contributed by atoms with Crippen molar-refractivity contribution in [2.24, 2.45) is 0 Å². The van der Waals surface area contributed by atoms with Gasteiger partial charge in [0.2, 0.25) is 0 Å². The SMILES string of the molecule is CCCC(=CO)c1ccc(Cl)c(Cl)c1. The molecule has 14 heavy (non-hydrogen) atoms. The molecule has 1 aromatic carbocycles. The van der Waals surface area contributed by atoms with Gasteiger partial charge in [-0.25, -0.2) is 0 Å². The van der Waals surface area contributed by atoms with Gasteiger partial charge in [0, 0.05) is 0 Å². The van der Waals surface area contributed by atoms with Crippen molar-refractivity contribution in [3.63, 3.8) is 0 Å². The van der Waals surface area contributed by atoms with Gasteiger partial charge in [-0.3, -0.25) is 0 Å². The summed E-state index contributed by atoms with van der Waals surface area (Å²) in [5.41, 5.74) is 1.80. The fraction of sp³-hybridized carbons (Fsp3) is 0.273. The molecule has 0 amide bonds. The van der Waals surface area contributed by atoms with Crippen LogP contribution in [0.2, 0.25) is 10.0 Å². The van der Waals surface area contributed by atoms with Gasteiger partial charge in [0.05, 0.1) is 16.3 Å².